The first-order valence-corrected chi connectivity index (χ1v) is 17.8. The van der Waals surface area contributed by atoms with E-state index < -0.39 is 12.3 Å². The number of hydrogen-bond donors (Lipinski definition) is 2. The number of benzene rings is 3. The van der Waals surface area contributed by atoms with Crippen molar-refractivity contribution >= 4 is 57.6 Å². The second kappa shape index (κ2) is 16.1. The van der Waals surface area contributed by atoms with Gasteiger partial charge in [-0.05, 0) is 79.2 Å². The second-order valence-electron chi connectivity index (χ2n) is 12.6. The van der Waals surface area contributed by atoms with Crippen LogP contribution in [0.3, 0.4) is 0 Å². The molecule has 10 nitrogen and oxygen atoms in total. The van der Waals surface area contributed by atoms with E-state index in [1.165, 1.54) is 6.08 Å². The van der Waals surface area contributed by atoms with Gasteiger partial charge in [0, 0.05) is 65.8 Å². The highest BCUT2D eigenvalue weighted by atomic mass is 35.5. The van der Waals surface area contributed by atoms with Crippen LogP contribution < -0.4 is 15.8 Å². The average molecular weight is 748 g/mol. The molecule has 1 fully saturated rings. The Kier molecular flexibility index (Phi) is 11.0. The minimum absolute atomic E-state index is 0.0376. The third-order valence-electron chi connectivity index (χ3n) is 9.01. The summed E-state index contributed by atoms with van der Waals surface area (Å²) in [6.45, 7) is 3.70. The van der Waals surface area contributed by atoms with Crippen molar-refractivity contribution in [3.63, 3.8) is 0 Å². The third kappa shape index (κ3) is 8.02. The van der Waals surface area contributed by atoms with Crippen LogP contribution >= 0.6 is 23.2 Å². The number of anilines is 1. The molecule has 3 atom stereocenters. The van der Waals surface area contributed by atoms with Crippen LogP contribution in [0.25, 0.3) is 22.7 Å². The van der Waals surface area contributed by atoms with Crippen molar-refractivity contribution in [2.24, 2.45) is 5.73 Å². The highest BCUT2D eigenvalue weighted by Gasteiger charge is 2.32. The molecule has 1 aliphatic heterocycles. The van der Waals surface area contributed by atoms with Gasteiger partial charge in [-0.3, -0.25) is 24.5 Å². The van der Waals surface area contributed by atoms with Crippen LogP contribution in [0.5, 0.6) is 5.75 Å². The van der Waals surface area contributed by atoms with Gasteiger partial charge >= 0.3 is 0 Å². The van der Waals surface area contributed by atoms with Gasteiger partial charge in [0.2, 0.25) is 0 Å². The molecule has 0 spiro atoms. The summed E-state index contributed by atoms with van der Waals surface area (Å²) in [5.74, 6) is 0.0213. The van der Waals surface area contributed by atoms with Gasteiger partial charge in [0.1, 0.15) is 17.3 Å². The molecule has 53 heavy (non-hydrogen) atoms. The summed E-state index contributed by atoms with van der Waals surface area (Å²) in [4.78, 5) is 36.8. The zero-order valence-electron chi connectivity index (χ0n) is 28.7. The number of morpholine rings is 1. The molecule has 12 heteroatoms. The Morgan fingerprint density at radius 3 is 2.57 bits per heavy atom. The predicted molar refractivity (Wildman–Crippen MR) is 207 cm³/mol. The van der Waals surface area contributed by atoms with E-state index in [4.69, 9.17) is 38.4 Å². The van der Waals surface area contributed by atoms with E-state index in [0.717, 1.165) is 16.5 Å². The topological polar surface area (TPSA) is 125 Å². The van der Waals surface area contributed by atoms with Crippen molar-refractivity contribution < 1.29 is 19.1 Å². The van der Waals surface area contributed by atoms with Crippen LogP contribution in [0.15, 0.2) is 122 Å². The SMILES string of the molecule is CC1CN(C(Oc2cccc3cccnc23)c2c(Cl)ccc(-n3cccc3C(N)C(=O)C=Cc3ccc(C(=O)Nc4ccncc4)cc3)c2Cl)CCO1. The fraction of sp³-hybridized carbons (Fsp3) is 0.171. The molecule has 3 aromatic heterocycles. The molecular formula is C41H36Cl2N6O4. The maximum Gasteiger partial charge on any atom is 0.255 e. The molecule has 1 amide bonds. The number of rotatable bonds is 11. The molecule has 0 bridgehead atoms. The van der Waals surface area contributed by atoms with Gasteiger partial charge in [-0.2, -0.15) is 0 Å². The van der Waals surface area contributed by atoms with Crippen LogP contribution in [0, 0.1) is 0 Å². The Morgan fingerprint density at radius 2 is 1.77 bits per heavy atom. The lowest BCUT2D eigenvalue weighted by Gasteiger charge is -2.38. The van der Waals surface area contributed by atoms with E-state index in [-0.39, 0.29) is 17.8 Å². The Labute approximate surface area is 316 Å². The van der Waals surface area contributed by atoms with E-state index in [9.17, 15) is 9.59 Å². The van der Waals surface area contributed by atoms with Crippen LogP contribution in [-0.2, 0) is 9.53 Å². The summed E-state index contributed by atoms with van der Waals surface area (Å²) in [5.41, 5.74) is 10.9. The van der Waals surface area contributed by atoms with E-state index in [0.29, 0.717) is 63.7 Å². The molecule has 0 radical (unpaired) electrons. The van der Waals surface area contributed by atoms with Crippen molar-refractivity contribution in [2.45, 2.75) is 25.3 Å². The van der Waals surface area contributed by atoms with E-state index in [1.54, 1.807) is 83.8 Å². The number of nitrogens with two attached hydrogens (primary N) is 1. The van der Waals surface area contributed by atoms with Crippen LogP contribution in [0.4, 0.5) is 5.69 Å². The minimum atomic E-state index is -1.00. The largest absolute Gasteiger partial charge is 0.469 e. The Bertz CT molecular complexity index is 2270. The van der Waals surface area contributed by atoms with Crippen molar-refractivity contribution in [3.8, 4) is 11.4 Å². The number of ketones is 1. The van der Waals surface area contributed by atoms with Gasteiger partial charge < -0.3 is 25.1 Å². The molecule has 7 rings (SSSR count). The normalized spacial score (nSPS) is 16.0. The van der Waals surface area contributed by atoms with Crippen molar-refractivity contribution in [1.29, 1.82) is 0 Å². The number of amides is 1. The number of nitrogens with one attached hydrogen (secondary N) is 1. The zero-order valence-corrected chi connectivity index (χ0v) is 30.2. The smallest absolute Gasteiger partial charge is 0.255 e. The number of fused-ring (bicyclic) bond motifs is 1. The number of carbonyl (C=O) groups is 2. The van der Waals surface area contributed by atoms with Gasteiger partial charge in [0.05, 0.1) is 28.4 Å². The molecule has 268 valence electrons. The standard InChI is InChI=1S/C41H36Cl2N6O4/c1-26-25-48(23-24-52-26)41(53-35-8-2-5-28-6-3-19-46-39(28)35)36-31(42)14-15-32(37(36)43)49-22-4-7-33(49)38(44)34(50)16-11-27-9-12-29(13-10-27)40(51)47-30-17-20-45-21-18-30/h2-22,26,38,41H,23-25,44H2,1H3,(H,45,47,51). The number of nitrogens with zero attached hydrogens (tertiary/aromatic N) is 4. The molecule has 4 heterocycles. The van der Waals surface area contributed by atoms with Crippen LogP contribution in [0.2, 0.25) is 10.0 Å². The molecule has 0 aliphatic carbocycles. The Hall–Kier alpha value is -5.36. The number of para-hydroxylation sites is 1. The lowest BCUT2D eigenvalue weighted by molar-refractivity contribution is -0.115. The predicted octanol–water partition coefficient (Wildman–Crippen LogP) is 8.06. The maximum absolute atomic E-state index is 13.4. The third-order valence-corrected chi connectivity index (χ3v) is 9.73. The van der Waals surface area contributed by atoms with Gasteiger partial charge in [0.25, 0.3) is 5.91 Å². The summed E-state index contributed by atoms with van der Waals surface area (Å²) in [7, 11) is 0. The molecule has 3 N–H and O–H groups in total. The minimum Gasteiger partial charge on any atom is -0.469 e. The molecule has 1 saturated heterocycles. The first-order chi connectivity index (χ1) is 25.8. The highest BCUT2D eigenvalue weighted by molar-refractivity contribution is 6.37. The fourth-order valence-corrected chi connectivity index (χ4v) is 6.96. The maximum atomic E-state index is 13.4. The average Bonchev–Trinajstić information content (AvgIpc) is 3.66. The second-order valence-corrected chi connectivity index (χ2v) is 13.4. The lowest BCUT2D eigenvalue weighted by atomic mass is 10.1. The first kappa shape index (κ1) is 36.0. The summed E-state index contributed by atoms with van der Waals surface area (Å²) in [6.07, 6.45) is 9.13. The number of halogens is 2. The van der Waals surface area contributed by atoms with E-state index >= 15 is 0 Å². The van der Waals surface area contributed by atoms with Gasteiger partial charge in [-0.15, -0.1) is 0 Å². The first-order valence-electron chi connectivity index (χ1n) is 17.1. The van der Waals surface area contributed by atoms with E-state index in [1.807, 2.05) is 49.5 Å². The molecule has 3 unspecified atom stereocenters. The summed E-state index contributed by atoms with van der Waals surface area (Å²) in [6, 6.07) is 26.2. The molecular weight excluding hydrogens is 711 g/mol. The summed E-state index contributed by atoms with van der Waals surface area (Å²) in [5, 5.41) is 4.55. The fourth-order valence-electron chi connectivity index (χ4n) is 6.32. The number of pyridine rings is 2. The molecule has 1 aliphatic rings. The molecule has 6 aromatic rings. The number of carbonyl (C=O) groups excluding carboxylic acids is 2. The van der Waals surface area contributed by atoms with Gasteiger partial charge in [0.15, 0.2) is 12.0 Å². The highest BCUT2D eigenvalue weighted by Crippen LogP contribution is 2.41. The van der Waals surface area contributed by atoms with Crippen LogP contribution in [-0.4, -0.2) is 56.9 Å². The zero-order chi connectivity index (χ0) is 36.9. The van der Waals surface area contributed by atoms with Crippen molar-refractivity contribution in [3.05, 3.63) is 154 Å². The Balaban J connectivity index is 1.14. The van der Waals surface area contributed by atoms with Crippen molar-refractivity contribution in [1.82, 2.24) is 19.4 Å². The number of hydrogen-bond acceptors (Lipinski definition) is 8. The van der Waals surface area contributed by atoms with Crippen molar-refractivity contribution in [2.75, 3.05) is 25.0 Å². The van der Waals surface area contributed by atoms with E-state index in [2.05, 4.69) is 20.2 Å². The lowest BCUT2D eigenvalue weighted by Crippen LogP contribution is -2.45. The van der Waals surface area contributed by atoms with Gasteiger partial charge in [-0.1, -0.05) is 59.6 Å². The summed E-state index contributed by atoms with van der Waals surface area (Å²) >= 11 is 14.2. The monoisotopic (exact) mass is 746 g/mol. The number of aromatic nitrogens is 3. The summed E-state index contributed by atoms with van der Waals surface area (Å²) < 4.78 is 14.4. The molecule has 0 saturated carbocycles. The quantitative estimate of drug-likeness (QED) is 0.128. The van der Waals surface area contributed by atoms with Crippen LogP contribution in [0.1, 0.15) is 46.4 Å². The Morgan fingerprint density at radius 1 is 0.981 bits per heavy atom. The molecule has 3 aromatic carbocycles. The number of ether oxygens (including phenoxy) is 2. The van der Waals surface area contributed by atoms with Gasteiger partial charge in [-0.25, -0.2) is 0 Å².